The molecule has 1 fully saturated rings. The molecule has 1 saturated heterocycles. The number of anilines is 2. The number of carbonyl (C=O) groups excluding carboxylic acids is 4. The first-order chi connectivity index (χ1) is 16.8. The maximum Gasteiger partial charge on any atom is 0.344 e. The Hall–Kier alpha value is -3.62. The molecule has 1 aromatic heterocycles. The van der Waals surface area contributed by atoms with Gasteiger partial charge in [0.05, 0.1) is 19.1 Å². The summed E-state index contributed by atoms with van der Waals surface area (Å²) in [6.07, 6.45) is 3.21. The van der Waals surface area contributed by atoms with Gasteiger partial charge in [-0.15, -0.1) is 0 Å². The number of furan rings is 1. The molecule has 1 unspecified atom stereocenters. The van der Waals surface area contributed by atoms with Gasteiger partial charge in [0.15, 0.2) is 0 Å². The van der Waals surface area contributed by atoms with E-state index in [1.807, 2.05) is 24.3 Å². The summed E-state index contributed by atoms with van der Waals surface area (Å²) in [6, 6.07) is 7.78. The lowest BCUT2D eigenvalue weighted by Gasteiger charge is -2.17. The molecule has 3 rings (SSSR count). The molecule has 188 valence electrons. The smallest absolute Gasteiger partial charge is 0.344 e. The number of hydrogen-bond donors (Lipinski definition) is 1. The van der Waals surface area contributed by atoms with Crippen molar-refractivity contribution in [2.75, 3.05) is 30.0 Å². The normalized spacial score (nSPS) is 15.3. The van der Waals surface area contributed by atoms with Gasteiger partial charge in [-0.1, -0.05) is 25.5 Å². The van der Waals surface area contributed by atoms with E-state index in [9.17, 15) is 19.2 Å². The number of carbonyl (C=O) groups is 4. The SMILES string of the molecule is CCCCc1ccc(N2CC(C(=O)Nc3oc(C)c(C(=O)OCC)c3C(=O)OCC)CC2=O)cc1. The molecule has 1 aromatic carbocycles. The zero-order valence-electron chi connectivity index (χ0n) is 20.6. The Bertz CT molecular complexity index is 1090. The second kappa shape index (κ2) is 11.7. The molecule has 0 radical (unpaired) electrons. The minimum absolute atomic E-state index is 0.0165. The topological polar surface area (TPSA) is 115 Å². The number of ether oxygens (including phenoxy) is 2. The third-order valence-electron chi connectivity index (χ3n) is 5.84. The fourth-order valence-electron chi connectivity index (χ4n) is 4.05. The molecule has 9 nitrogen and oxygen atoms in total. The van der Waals surface area contributed by atoms with Crippen LogP contribution in [0.5, 0.6) is 0 Å². The molecule has 1 N–H and O–H groups in total. The van der Waals surface area contributed by atoms with Gasteiger partial charge >= 0.3 is 11.9 Å². The molecule has 1 atom stereocenters. The van der Waals surface area contributed by atoms with Crippen molar-refractivity contribution in [1.29, 1.82) is 0 Å². The van der Waals surface area contributed by atoms with Crippen molar-refractivity contribution in [3.63, 3.8) is 0 Å². The van der Waals surface area contributed by atoms with Gasteiger partial charge < -0.3 is 18.8 Å². The average Bonchev–Trinajstić information content (AvgIpc) is 3.38. The maximum absolute atomic E-state index is 13.0. The van der Waals surface area contributed by atoms with Gasteiger partial charge in [0, 0.05) is 18.7 Å². The monoisotopic (exact) mass is 484 g/mol. The van der Waals surface area contributed by atoms with Crippen LogP contribution in [0.15, 0.2) is 28.7 Å². The number of aryl methyl sites for hydroxylation is 2. The average molecular weight is 485 g/mol. The van der Waals surface area contributed by atoms with Gasteiger partial charge in [-0.2, -0.15) is 0 Å². The zero-order chi connectivity index (χ0) is 25.5. The summed E-state index contributed by atoms with van der Waals surface area (Å²) in [5.41, 5.74) is 1.65. The quantitative estimate of drug-likeness (QED) is 0.501. The van der Waals surface area contributed by atoms with Crippen molar-refractivity contribution >= 4 is 35.3 Å². The van der Waals surface area contributed by atoms with E-state index in [4.69, 9.17) is 13.9 Å². The molecular weight excluding hydrogens is 452 g/mol. The first kappa shape index (κ1) is 26.0. The van der Waals surface area contributed by atoms with Crippen molar-refractivity contribution in [3.8, 4) is 0 Å². The standard InChI is InChI=1S/C26H32N2O7/c1-5-8-9-17-10-12-19(13-11-17)28-15-18(14-20(28)29)23(30)27-24-22(26(32)34-7-3)21(16(4)35-24)25(31)33-6-2/h10-13,18H,5-9,14-15H2,1-4H3,(H,27,30). The molecular formula is C26H32N2O7. The molecule has 2 aromatic rings. The Kier molecular flexibility index (Phi) is 8.68. The molecule has 9 heteroatoms. The second-order valence-electron chi connectivity index (χ2n) is 8.34. The van der Waals surface area contributed by atoms with E-state index >= 15 is 0 Å². The number of unbranched alkanes of at least 4 members (excludes halogenated alkanes) is 1. The van der Waals surface area contributed by atoms with E-state index in [1.54, 1.807) is 18.7 Å². The predicted octanol–water partition coefficient (Wildman–Crippen LogP) is 4.28. The van der Waals surface area contributed by atoms with Crippen LogP contribution in [0.1, 0.15) is 72.1 Å². The third-order valence-corrected chi connectivity index (χ3v) is 5.84. The van der Waals surface area contributed by atoms with Gasteiger partial charge in [-0.05, 0) is 51.3 Å². The van der Waals surface area contributed by atoms with Crippen LogP contribution < -0.4 is 10.2 Å². The van der Waals surface area contributed by atoms with Crippen LogP contribution in [0, 0.1) is 12.8 Å². The lowest BCUT2D eigenvalue weighted by molar-refractivity contribution is -0.122. The number of rotatable bonds is 10. The molecule has 0 spiro atoms. The number of hydrogen-bond acceptors (Lipinski definition) is 7. The first-order valence-corrected chi connectivity index (χ1v) is 12.0. The highest BCUT2D eigenvalue weighted by Gasteiger charge is 2.37. The summed E-state index contributed by atoms with van der Waals surface area (Å²) in [5, 5.41) is 2.58. The van der Waals surface area contributed by atoms with E-state index in [1.165, 1.54) is 12.5 Å². The largest absolute Gasteiger partial charge is 0.462 e. The van der Waals surface area contributed by atoms with Gasteiger partial charge in [-0.3, -0.25) is 14.9 Å². The summed E-state index contributed by atoms with van der Waals surface area (Å²) in [6.45, 7) is 7.27. The number of nitrogens with zero attached hydrogens (tertiary/aromatic N) is 1. The van der Waals surface area contributed by atoms with Crippen molar-refractivity contribution in [2.24, 2.45) is 5.92 Å². The molecule has 2 heterocycles. The van der Waals surface area contributed by atoms with E-state index < -0.39 is 23.8 Å². The lowest BCUT2D eigenvalue weighted by Crippen LogP contribution is -2.28. The van der Waals surface area contributed by atoms with Crippen molar-refractivity contribution in [1.82, 2.24) is 0 Å². The van der Waals surface area contributed by atoms with Crippen LogP contribution in [0.2, 0.25) is 0 Å². The van der Waals surface area contributed by atoms with Crippen molar-refractivity contribution in [2.45, 2.75) is 53.4 Å². The minimum atomic E-state index is -0.810. The molecule has 2 amide bonds. The first-order valence-electron chi connectivity index (χ1n) is 12.0. The predicted molar refractivity (Wildman–Crippen MR) is 130 cm³/mol. The fraction of sp³-hybridized carbons (Fsp3) is 0.462. The van der Waals surface area contributed by atoms with Crippen molar-refractivity contribution in [3.05, 3.63) is 46.7 Å². The Morgan fingerprint density at radius 1 is 1.03 bits per heavy atom. The number of esters is 2. The second-order valence-corrected chi connectivity index (χ2v) is 8.34. The molecule has 1 aliphatic rings. The summed E-state index contributed by atoms with van der Waals surface area (Å²) >= 11 is 0. The van der Waals surface area contributed by atoms with Gasteiger partial charge in [-0.25, -0.2) is 9.59 Å². The van der Waals surface area contributed by atoms with E-state index in [0.717, 1.165) is 24.9 Å². The molecule has 1 aliphatic heterocycles. The van der Waals surface area contributed by atoms with Crippen molar-refractivity contribution < 1.29 is 33.1 Å². The highest BCUT2D eigenvalue weighted by Crippen LogP contribution is 2.31. The number of benzene rings is 1. The Labute approximate surface area is 204 Å². The molecule has 0 bridgehead atoms. The fourth-order valence-corrected chi connectivity index (χ4v) is 4.05. The summed E-state index contributed by atoms with van der Waals surface area (Å²) < 4.78 is 15.7. The maximum atomic E-state index is 13.0. The van der Waals surface area contributed by atoms with Crippen LogP contribution in [0.25, 0.3) is 0 Å². The van der Waals surface area contributed by atoms with E-state index in [0.29, 0.717) is 0 Å². The Balaban J connectivity index is 1.77. The highest BCUT2D eigenvalue weighted by molar-refractivity contribution is 6.10. The number of amides is 2. The highest BCUT2D eigenvalue weighted by atomic mass is 16.5. The van der Waals surface area contributed by atoms with Gasteiger partial charge in [0.25, 0.3) is 0 Å². The van der Waals surface area contributed by atoms with Crippen LogP contribution in [0.4, 0.5) is 11.6 Å². The zero-order valence-corrected chi connectivity index (χ0v) is 20.6. The number of nitrogens with one attached hydrogen (secondary N) is 1. The summed E-state index contributed by atoms with van der Waals surface area (Å²) in [5.74, 6) is -2.95. The van der Waals surface area contributed by atoms with Crippen LogP contribution in [-0.4, -0.2) is 43.5 Å². The van der Waals surface area contributed by atoms with Crippen LogP contribution in [-0.2, 0) is 25.5 Å². The summed E-state index contributed by atoms with van der Waals surface area (Å²) in [7, 11) is 0. The molecule has 35 heavy (non-hydrogen) atoms. The molecule has 0 saturated carbocycles. The Morgan fingerprint density at radius 3 is 2.26 bits per heavy atom. The van der Waals surface area contributed by atoms with Gasteiger partial charge in [0.1, 0.15) is 16.9 Å². The van der Waals surface area contributed by atoms with E-state index in [-0.39, 0.29) is 54.9 Å². The molecule has 0 aliphatic carbocycles. The third kappa shape index (κ3) is 5.90. The summed E-state index contributed by atoms with van der Waals surface area (Å²) in [4.78, 5) is 52.3. The van der Waals surface area contributed by atoms with Gasteiger partial charge in [0.2, 0.25) is 17.7 Å². The Morgan fingerprint density at radius 2 is 1.66 bits per heavy atom. The van der Waals surface area contributed by atoms with Crippen LogP contribution >= 0.6 is 0 Å². The lowest BCUT2D eigenvalue weighted by atomic mass is 10.1. The van der Waals surface area contributed by atoms with Crippen LogP contribution in [0.3, 0.4) is 0 Å². The van der Waals surface area contributed by atoms with E-state index in [2.05, 4.69) is 12.2 Å². The minimum Gasteiger partial charge on any atom is -0.462 e.